The van der Waals surface area contributed by atoms with E-state index in [4.69, 9.17) is 14.2 Å². The molecule has 2 aromatic heterocycles. The van der Waals surface area contributed by atoms with Crippen molar-refractivity contribution in [3.8, 4) is 11.4 Å². The lowest BCUT2D eigenvalue weighted by Gasteiger charge is -2.36. The number of rotatable bonds is 12. The van der Waals surface area contributed by atoms with Crippen molar-refractivity contribution in [1.29, 1.82) is 0 Å². The smallest absolute Gasteiger partial charge is 0.286 e. The van der Waals surface area contributed by atoms with Crippen LogP contribution in [0.3, 0.4) is 0 Å². The zero-order chi connectivity index (χ0) is 30.5. The lowest BCUT2D eigenvalue weighted by Crippen LogP contribution is -2.40. The predicted molar refractivity (Wildman–Crippen MR) is 164 cm³/mol. The van der Waals surface area contributed by atoms with Crippen molar-refractivity contribution in [1.82, 2.24) is 19.7 Å². The minimum atomic E-state index is -0.752. The number of nitrogens with one attached hydrogen (secondary N) is 2. The summed E-state index contributed by atoms with van der Waals surface area (Å²) in [5.41, 5.74) is 4.02. The monoisotopic (exact) mass is 588 g/mol. The van der Waals surface area contributed by atoms with Crippen LogP contribution in [0, 0.1) is 12.8 Å². The summed E-state index contributed by atoms with van der Waals surface area (Å²) in [6.45, 7) is 4.53. The Labute approximate surface area is 250 Å². The number of carbonyl (C=O) groups is 1. The first-order valence-corrected chi connectivity index (χ1v) is 14.7. The Balaban J connectivity index is 1.45. The standard InChI is InChI=1S/C33H40N4O6/c1-5-42-33-25(12-9-17-38)27(30-21(2)36(3)37(32(30)40)23-10-7-6-8-11-23)19-29(43-33)31(39)34-16-15-22-20-35-28-14-13-24(41-4)18-26(22)28/h6-8,10-11,13-14,18-20,25,27,33,35,38H,5,9,12,15-17H2,1-4H3,(H,34,39)/t25-,27+,33-/m1/s1. The first-order chi connectivity index (χ1) is 20.9. The third-order valence-corrected chi connectivity index (χ3v) is 8.22. The Hall–Kier alpha value is -4.28. The summed E-state index contributed by atoms with van der Waals surface area (Å²) in [6, 6.07) is 15.3. The number of aromatic nitrogens is 3. The molecule has 10 nitrogen and oxygen atoms in total. The molecule has 0 aliphatic carbocycles. The number of allylic oxidation sites excluding steroid dienone is 1. The van der Waals surface area contributed by atoms with Crippen LogP contribution >= 0.6 is 0 Å². The molecule has 1 aliphatic heterocycles. The topological polar surface area (TPSA) is 120 Å². The van der Waals surface area contributed by atoms with Gasteiger partial charge in [-0.15, -0.1) is 0 Å². The van der Waals surface area contributed by atoms with Gasteiger partial charge in [0.2, 0.25) is 6.29 Å². The molecule has 3 heterocycles. The molecule has 1 aliphatic rings. The van der Waals surface area contributed by atoms with Gasteiger partial charge in [0.25, 0.3) is 11.5 Å². The number of benzene rings is 2. The molecule has 0 fully saturated rings. The van der Waals surface area contributed by atoms with E-state index in [1.165, 1.54) is 0 Å². The van der Waals surface area contributed by atoms with Gasteiger partial charge < -0.3 is 29.6 Å². The van der Waals surface area contributed by atoms with E-state index in [0.717, 1.165) is 33.6 Å². The number of nitrogens with zero attached hydrogens (tertiary/aromatic N) is 2. The van der Waals surface area contributed by atoms with Gasteiger partial charge in [0.1, 0.15) is 5.75 Å². The van der Waals surface area contributed by atoms with Crippen LogP contribution in [0.4, 0.5) is 0 Å². The lowest BCUT2D eigenvalue weighted by atomic mass is 9.80. The maximum absolute atomic E-state index is 14.0. The van der Waals surface area contributed by atoms with Crippen LogP contribution in [0.5, 0.6) is 5.75 Å². The largest absolute Gasteiger partial charge is 0.497 e. The Morgan fingerprint density at radius 2 is 1.98 bits per heavy atom. The summed E-state index contributed by atoms with van der Waals surface area (Å²) in [4.78, 5) is 30.7. The molecule has 3 N–H and O–H groups in total. The van der Waals surface area contributed by atoms with Gasteiger partial charge in [-0.1, -0.05) is 18.2 Å². The highest BCUT2D eigenvalue weighted by Crippen LogP contribution is 2.39. The molecule has 228 valence electrons. The Bertz CT molecular complexity index is 1650. The lowest BCUT2D eigenvalue weighted by molar-refractivity contribution is -0.166. The average molecular weight is 589 g/mol. The van der Waals surface area contributed by atoms with Crippen LogP contribution < -0.4 is 15.6 Å². The SMILES string of the molecule is CCO[C@@H]1OC(C(=O)NCCc2c[nH]c3ccc(OC)cc23)=C[C@H](c2c(C)n(C)n(-c3ccccc3)c2=O)[C@H]1CCCO. The summed E-state index contributed by atoms with van der Waals surface area (Å²) < 4.78 is 21.0. The number of para-hydroxylation sites is 1. The summed E-state index contributed by atoms with van der Waals surface area (Å²) in [5.74, 6) is -0.211. The maximum Gasteiger partial charge on any atom is 0.286 e. The number of amides is 1. The quantitative estimate of drug-likeness (QED) is 0.230. The molecule has 2 aromatic carbocycles. The third-order valence-electron chi connectivity index (χ3n) is 8.22. The second-order valence-corrected chi connectivity index (χ2v) is 10.7. The van der Waals surface area contributed by atoms with E-state index in [9.17, 15) is 14.7 Å². The Morgan fingerprint density at radius 1 is 1.19 bits per heavy atom. The Morgan fingerprint density at radius 3 is 2.70 bits per heavy atom. The molecule has 10 heteroatoms. The van der Waals surface area contributed by atoms with Gasteiger partial charge in [-0.25, -0.2) is 4.68 Å². The van der Waals surface area contributed by atoms with Gasteiger partial charge in [0, 0.05) is 67.0 Å². The van der Waals surface area contributed by atoms with Crippen LogP contribution in [0.1, 0.15) is 42.5 Å². The van der Waals surface area contributed by atoms with E-state index in [1.807, 2.05) is 80.3 Å². The summed E-state index contributed by atoms with van der Waals surface area (Å²) in [6.07, 6.45) is 4.61. The molecule has 0 saturated carbocycles. The summed E-state index contributed by atoms with van der Waals surface area (Å²) >= 11 is 0. The van der Waals surface area contributed by atoms with Crippen LogP contribution in [0.15, 0.2) is 71.4 Å². The highest BCUT2D eigenvalue weighted by molar-refractivity contribution is 5.92. The zero-order valence-electron chi connectivity index (χ0n) is 25.1. The number of aromatic amines is 1. The molecule has 3 atom stereocenters. The zero-order valence-corrected chi connectivity index (χ0v) is 25.1. The van der Waals surface area contributed by atoms with Crippen LogP contribution in [0.25, 0.3) is 16.6 Å². The summed E-state index contributed by atoms with van der Waals surface area (Å²) in [7, 11) is 3.49. The molecule has 43 heavy (non-hydrogen) atoms. The molecule has 0 saturated heterocycles. The van der Waals surface area contributed by atoms with E-state index in [0.29, 0.717) is 38.0 Å². The number of aliphatic hydroxyl groups excluding tert-OH is 1. The average Bonchev–Trinajstić information content (AvgIpc) is 3.52. The van der Waals surface area contributed by atoms with E-state index in [-0.39, 0.29) is 29.8 Å². The van der Waals surface area contributed by atoms with Crippen molar-refractivity contribution in [3.63, 3.8) is 0 Å². The first-order valence-electron chi connectivity index (χ1n) is 14.7. The molecule has 4 aromatic rings. The Kier molecular flexibility index (Phi) is 9.37. The molecule has 0 unspecified atom stereocenters. The number of methoxy groups -OCH3 is 1. The number of hydrogen-bond acceptors (Lipinski definition) is 6. The van der Waals surface area contributed by atoms with Gasteiger partial charge in [0.15, 0.2) is 5.76 Å². The second-order valence-electron chi connectivity index (χ2n) is 10.7. The molecular formula is C33H40N4O6. The van der Waals surface area contributed by atoms with Gasteiger partial charge in [-0.3, -0.25) is 14.3 Å². The number of H-pyrrole nitrogens is 1. The molecule has 5 rings (SSSR count). The van der Waals surface area contributed by atoms with Crippen molar-refractivity contribution >= 4 is 16.8 Å². The van der Waals surface area contributed by atoms with Crippen LogP contribution in [-0.2, 0) is 27.7 Å². The van der Waals surface area contributed by atoms with Gasteiger partial charge in [0.05, 0.1) is 12.8 Å². The fourth-order valence-corrected chi connectivity index (χ4v) is 5.96. The highest BCUT2D eigenvalue weighted by atomic mass is 16.7. The number of ether oxygens (including phenoxy) is 3. The molecule has 1 amide bonds. The predicted octanol–water partition coefficient (Wildman–Crippen LogP) is 4.08. The molecular weight excluding hydrogens is 548 g/mol. The normalized spacial score (nSPS) is 18.3. The molecule has 0 bridgehead atoms. The summed E-state index contributed by atoms with van der Waals surface area (Å²) in [5, 5.41) is 13.7. The fraction of sp³-hybridized carbons (Fsp3) is 0.394. The third kappa shape index (κ3) is 6.11. The van der Waals surface area contributed by atoms with Crippen molar-refractivity contribution < 1.29 is 24.1 Å². The van der Waals surface area contributed by atoms with E-state index in [1.54, 1.807) is 17.9 Å². The fourth-order valence-electron chi connectivity index (χ4n) is 5.96. The minimum Gasteiger partial charge on any atom is -0.497 e. The number of carbonyl (C=O) groups excluding carboxylic acids is 1. The van der Waals surface area contributed by atoms with Crippen molar-refractivity contribution in [2.24, 2.45) is 13.0 Å². The van der Waals surface area contributed by atoms with Gasteiger partial charge in [-0.05, 0) is 75.1 Å². The number of hydrogen-bond donors (Lipinski definition) is 3. The van der Waals surface area contributed by atoms with E-state index >= 15 is 0 Å². The van der Waals surface area contributed by atoms with Gasteiger partial charge in [-0.2, -0.15) is 0 Å². The van der Waals surface area contributed by atoms with E-state index < -0.39 is 12.2 Å². The van der Waals surface area contributed by atoms with Crippen molar-refractivity contribution in [3.05, 3.63) is 93.7 Å². The number of fused-ring (bicyclic) bond motifs is 1. The minimum absolute atomic E-state index is 0.000846. The number of aliphatic hydroxyl groups is 1. The van der Waals surface area contributed by atoms with Crippen molar-refractivity contribution in [2.45, 2.75) is 45.3 Å². The first kappa shape index (κ1) is 30.2. The molecule has 0 radical (unpaired) electrons. The van der Waals surface area contributed by atoms with Crippen LogP contribution in [0.2, 0.25) is 0 Å². The van der Waals surface area contributed by atoms with Crippen LogP contribution in [-0.4, -0.2) is 58.5 Å². The molecule has 0 spiro atoms. The van der Waals surface area contributed by atoms with Gasteiger partial charge >= 0.3 is 0 Å². The highest BCUT2D eigenvalue weighted by Gasteiger charge is 2.40. The van der Waals surface area contributed by atoms with Crippen molar-refractivity contribution in [2.75, 3.05) is 26.9 Å². The maximum atomic E-state index is 14.0. The second kappa shape index (κ2) is 13.4. The van der Waals surface area contributed by atoms with E-state index in [2.05, 4.69) is 10.3 Å².